The first-order valence-electron chi connectivity index (χ1n) is 15.1. The third-order valence-electron chi connectivity index (χ3n) is 8.06. The van der Waals surface area contributed by atoms with Gasteiger partial charge in [-0.25, -0.2) is 8.42 Å². The van der Waals surface area contributed by atoms with Gasteiger partial charge in [0.25, 0.3) is 10.0 Å². The molecule has 0 saturated carbocycles. The second-order valence-corrected chi connectivity index (χ2v) is 14.0. The molecule has 0 unspecified atom stereocenters. The molecule has 0 saturated heterocycles. The minimum atomic E-state index is -4.19. The molecular weight excluding hydrogens is 641 g/mol. The van der Waals surface area contributed by atoms with E-state index >= 15 is 0 Å². The number of benzene rings is 4. The summed E-state index contributed by atoms with van der Waals surface area (Å²) in [4.78, 5) is 30.1. The van der Waals surface area contributed by atoms with Crippen molar-refractivity contribution in [1.82, 2.24) is 10.2 Å². The van der Waals surface area contributed by atoms with E-state index in [0.717, 1.165) is 21.0 Å². The fraction of sp³-hybridized carbons (Fsp3) is 0.278. The molecule has 0 bridgehead atoms. The van der Waals surface area contributed by atoms with Gasteiger partial charge in [0, 0.05) is 19.0 Å². The quantitative estimate of drug-likeness (QED) is 0.160. The van der Waals surface area contributed by atoms with E-state index in [0.29, 0.717) is 27.7 Å². The van der Waals surface area contributed by atoms with Gasteiger partial charge >= 0.3 is 0 Å². The molecular formula is C36H39Cl2N3O4S. The Labute approximate surface area is 282 Å². The van der Waals surface area contributed by atoms with Crippen LogP contribution in [-0.2, 0) is 32.6 Å². The molecule has 1 N–H and O–H groups in total. The van der Waals surface area contributed by atoms with E-state index in [1.807, 2.05) is 64.1 Å². The van der Waals surface area contributed by atoms with E-state index in [4.69, 9.17) is 23.2 Å². The lowest BCUT2D eigenvalue weighted by Crippen LogP contribution is -2.54. The normalized spacial score (nSPS) is 12.7. The number of rotatable bonds is 13. The summed E-state index contributed by atoms with van der Waals surface area (Å²) in [5, 5.41) is 3.70. The van der Waals surface area contributed by atoms with Crippen molar-refractivity contribution < 1.29 is 18.0 Å². The van der Waals surface area contributed by atoms with Gasteiger partial charge in [-0.05, 0) is 79.8 Å². The van der Waals surface area contributed by atoms with E-state index in [-0.39, 0.29) is 29.8 Å². The number of hydrogen-bond donors (Lipinski definition) is 1. The highest BCUT2D eigenvalue weighted by atomic mass is 35.5. The number of anilines is 1. The van der Waals surface area contributed by atoms with Crippen LogP contribution in [0.15, 0.2) is 102 Å². The minimum Gasteiger partial charge on any atom is -0.352 e. The molecule has 4 aromatic rings. The third-order valence-corrected chi connectivity index (χ3v) is 10.6. The average Bonchev–Trinajstić information content (AvgIpc) is 3.05. The molecule has 0 heterocycles. The van der Waals surface area contributed by atoms with E-state index in [9.17, 15) is 18.0 Å². The molecule has 0 aliphatic heterocycles. The Morgan fingerprint density at radius 2 is 1.48 bits per heavy atom. The lowest BCUT2D eigenvalue weighted by atomic mass is 10.0. The fourth-order valence-corrected chi connectivity index (χ4v) is 6.88. The van der Waals surface area contributed by atoms with Gasteiger partial charge in [0.15, 0.2) is 0 Å². The summed E-state index contributed by atoms with van der Waals surface area (Å²) in [6, 6.07) is 26.7. The summed E-state index contributed by atoms with van der Waals surface area (Å²) in [7, 11) is -4.19. The van der Waals surface area contributed by atoms with Gasteiger partial charge in [-0.2, -0.15) is 0 Å². The fourth-order valence-electron chi connectivity index (χ4n) is 5.07. The van der Waals surface area contributed by atoms with Crippen molar-refractivity contribution in [2.24, 2.45) is 0 Å². The first kappa shape index (κ1) is 35.0. The van der Waals surface area contributed by atoms with Gasteiger partial charge in [0.1, 0.15) is 12.6 Å². The van der Waals surface area contributed by atoms with Crippen LogP contribution >= 0.6 is 23.2 Å². The zero-order valence-electron chi connectivity index (χ0n) is 26.4. The van der Waals surface area contributed by atoms with Crippen molar-refractivity contribution in [3.8, 4) is 0 Å². The first-order chi connectivity index (χ1) is 21.9. The Bertz CT molecular complexity index is 1770. The van der Waals surface area contributed by atoms with Crippen LogP contribution in [0.1, 0.15) is 42.5 Å². The standard InChI is InChI=1S/C36H39Cl2N3O4S/c1-5-26(3)39-36(43)34(22-28-14-8-6-9-15-28)40(23-29-19-20-31(37)32(38)21-29)35(42)24-41(33-18-12-13-25(2)27(33)4)46(44,45)30-16-10-7-11-17-30/h6-21,26,34H,5,22-24H2,1-4H3,(H,39,43)/t26-,34+/m1/s1. The maximum absolute atomic E-state index is 14.6. The number of amides is 2. The summed E-state index contributed by atoms with van der Waals surface area (Å²) < 4.78 is 29.6. The molecule has 0 aliphatic carbocycles. The number of nitrogens with zero attached hydrogens (tertiary/aromatic N) is 2. The first-order valence-corrected chi connectivity index (χ1v) is 17.3. The Kier molecular flexibility index (Phi) is 11.9. The molecule has 0 aromatic heterocycles. The Hall–Kier alpha value is -3.85. The highest BCUT2D eigenvalue weighted by molar-refractivity contribution is 7.92. The lowest BCUT2D eigenvalue weighted by molar-refractivity contribution is -0.140. The molecule has 0 radical (unpaired) electrons. The molecule has 0 aliphatic rings. The third kappa shape index (κ3) is 8.49. The number of halogens is 2. The van der Waals surface area contributed by atoms with Crippen LogP contribution in [0.25, 0.3) is 0 Å². The van der Waals surface area contributed by atoms with Gasteiger partial charge < -0.3 is 10.2 Å². The van der Waals surface area contributed by atoms with Crippen LogP contribution in [0.3, 0.4) is 0 Å². The molecule has 7 nitrogen and oxygen atoms in total. The minimum absolute atomic E-state index is 0.00677. The Morgan fingerprint density at radius 3 is 2.11 bits per heavy atom. The van der Waals surface area contributed by atoms with Crippen LogP contribution in [-0.4, -0.2) is 43.8 Å². The van der Waals surface area contributed by atoms with Crippen molar-refractivity contribution in [2.75, 3.05) is 10.8 Å². The van der Waals surface area contributed by atoms with Crippen molar-refractivity contribution in [2.45, 2.75) is 64.1 Å². The van der Waals surface area contributed by atoms with E-state index in [1.54, 1.807) is 48.5 Å². The van der Waals surface area contributed by atoms with Gasteiger partial charge in [0.05, 0.1) is 20.6 Å². The number of carbonyl (C=O) groups is 2. The Balaban J connectivity index is 1.85. The molecule has 2 atom stereocenters. The zero-order valence-corrected chi connectivity index (χ0v) is 28.7. The topological polar surface area (TPSA) is 86.8 Å². The number of nitrogens with one attached hydrogen (secondary N) is 1. The predicted octanol–water partition coefficient (Wildman–Crippen LogP) is 7.36. The van der Waals surface area contributed by atoms with Crippen molar-refractivity contribution in [3.63, 3.8) is 0 Å². The van der Waals surface area contributed by atoms with Crippen LogP contribution in [0.5, 0.6) is 0 Å². The molecule has 46 heavy (non-hydrogen) atoms. The number of sulfonamides is 1. The Morgan fingerprint density at radius 1 is 0.826 bits per heavy atom. The maximum atomic E-state index is 14.6. The van der Waals surface area contributed by atoms with E-state index in [1.165, 1.54) is 17.0 Å². The monoisotopic (exact) mass is 679 g/mol. The average molecular weight is 681 g/mol. The summed E-state index contributed by atoms with van der Waals surface area (Å²) >= 11 is 12.6. The summed E-state index contributed by atoms with van der Waals surface area (Å²) in [6.45, 7) is 7.04. The van der Waals surface area contributed by atoms with Gasteiger partial charge in [0.2, 0.25) is 11.8 Å². The molecule has 0 fully saturated rings. The van der Waals surface area contributed by atoms with E-state index < -0.39 is 28.5 Å². The number of hydrogen-bond acceptors (Lipinski definition) is 4. The SMILES string of the molecule is CC[C@@H](C)NC(=O)[C@H](Cc1ccccc1)N(Cc1ccc(Cl)c(Cl)c1)C(=O)CN(c1cccc(C)c1C)S(=O)(=O)c1ccccc1. The van der Waals surface area contributed by atoms with Gasteiger partial charge in [-0.3, -0.25) is 13.9 Å². The van der Waals surface area contributed by atoms with Crippen LogP contribution < -0.4 is 9.62 Å². The van der Waals surface area contributed by atoms with Crippen LogP contribution in [0.4, 0.5) is 5.69 Å². The zero-order chi connectivity index (χ0) is 33.4. The van der Waals surface area contributed by atoms with Gasteiger partial charge in [-0.1, -0.05) is 96.9 Å². The highest BCUT2D eigenvalue weighted by Crippen LogP contribution is 2.30. The largest absolute Gasteiger partial charge is 0.352 e. The van der Waals surface area contributed by atoms with Crippen LogP contribution in [0, 0.1) is 13.8 Å². The van der Waals surface area contributed by atoms with Crippen LogP contribution in [0.2, 0.25) is 10.0 Å². The van der Waals surface area contributed by atoms with Crippen molar-refractivity contribution in [1.29, 1.82) is 0 Å². The molecule has 4 aromatic carbocycles. The number of carbonyl (C=O) groups excluding carboxylic acids is 2. The smallest absolute Gasteiger partial charge is 0.264 e. The second-order valence-electron chi connectivity index (χ2n) is 11.3. The molecule has 0 spiro atoms. The van der Waals surface area contributed by atoms with Crippen molar-refractivity contribution >= 4 is 50.7 Å². The molecule has 242 valence electrons. The lowest BCUT2D eigenvalue weighted by Gasteiger charge is -2.34. The number of aryl methyl sites for hydroxylation is 1. The van der Waals surface area contributed by atoms with E-state index in [2.05, 4.69) is 5.32 Å². The summed E-state index contributed by atoms with van der Waals surface area (Å²) in [5.74, 6) is -0.887. The predicted molar refractivity (Wildman–Crippen MR) is 186 cm³/mol. The van der Waals surface area contributed by atoms with Gasteiger partial charge in [-0.15, -0.1) is 0 Å². The molecule has 10 heteroatoms. The summed E-state index contributed by atoms with van der Waals surface area (Å²) in [6.07, 6.45) is 0.908. The molecule has 4 rings (SSSR count). The summed E-state index contributed by atoms with van der Waals surface area (Å²) in [5.41, 5.74) is 3.47. The molecule has 2 amide bonds. The van der Waals surface area contributed by atoms with Crippen molar-refractivity contribution in [3.05, 3.63) is 129 Å². The highest BCUT2D eigenvalue weighted by Gasteiger charge is 2.35. The maximum Gasteiger partial charge on any atom is 0.264 e. The second kappa shape index (κ2) is 15.6.